The maximum Gasteiger partial charge on any atom is 0 e. The minimum absolute atomic E-state index is 0. The molecule has 0 bridgehead atoms. The van der Waals surface area contributed by atoms with E-state index in [1.165, 1.54) is 0 Å². The molecular formula is BiCuFeKLiNa. The van der Waals surface area contributed by atoms with Gasteiger partial charge in [-0.1, -0.05) is 0 Å². The molecule has 0 saturated carbocycles. The SMILES string of the molecule is [Bi].[Cu].[Fe].[K].[Li].[Na]. The molecule has 0 nitrogen and oxygen atoms in total. The van der Waals surface area contributed by atoms with Crippen molar-refractivity contribution in [2.75, 3.05) is 0 Å². The zero-order valence-corrected chi connectivity index (χ0v) is 14.7. The molecule has 27 valence electrons. The average Bonchev–Trinajstić information content (AvgIpc) is 0. The predicted molar refractivity (Wildman–Crippen MR) is 23.0 cm³/mol. The van der Waals surface area contributed by atoms with E-state index >= 15 is 0 Å². The molecule has 0 aliphatic carbocycles. The molecule has 0 spiro atoms. The van der Waals surface area contributed by atoms with E-state index in [1.54, 1.807) is 0 Å². The van der Waals surface area contributed by atoms with Gasteiger partial charge in [0.25, 0.3) is 0 Å². The van der Waals surface area contributed by atoms with E-state index < -0.39 is 0 Å². The van der Waals surface area contributed by atoms with Gasteiger partial charge in [-0.05, 0) is 0 Å². The molecule has 0 amide bonds. The van der Waals surface area contributed by atoms with Crippen molar-refractivity contribution in [2.24, 2.45) is 0 Å². The van der Waals surface area contributed by atoms with Crippen molar-refractivity contribution in [3.63, 3.8) is 0 Å². The summed E-state index contributed by atoms with van der Waals surface area (Å²) in [5.41, 5.74) is 0. The van der Waals surface area contributed by atoms with Gasteiger partial charge in [0.05, 0.1) is 0 Å². The molecule has 0 heterocycles. The Labute approximate surface area is 155 Å². The van der Waals surface area contributed by atoms with Crippen molar-refractivity contribution in [2.45, 2.75) is 0 Å². The van der Waals surface area contributed by atoms with Crippen LogP contribution in [0.25, 0.3) is 0 Å². The Balaban J connectivity index is 0. The van der Waals surface area contributed by atoms with Gasteiger partial charge in [-0.25, -0.2) is 0 Å². The van der Waals surface area contributed by atoms with Crippen LogP contribution in [-0.2, 0) is 34.1 Å². The van der Waals surface area contributed by atoms with Crippen molar-refractivity contribution in [3.05, 3.63) is 0 Å². The summed E-state index contributed by atoms with van der Waals surface area (Å²) < 4.78 is 0. The largest absolute Gasteiger partial charge is 0 e. The first-order valence-corrected chi connectivity index (χ1v) is 0. The first-order chi connectivity index (χ1) is 0. The fraction of sp³-hybridized carbons (Fsp3) is 0. The first-order valence-electron chi connectivity index (χ1n) is 0. The molecule has 6 heavy (non-hydrogen) atoms. The molecule has 0 aliphatic heterocycles. The predicted octanol–water partition coefficient (Wildman–Crippen LogP) is -1.53. The van der Waals surface area contributed by atoms with Crippen molar-refractivity contribution in [3.8, 4) is 0 Å². The molecule has 0 atom stereocenters. The van der Waals surface area contributed by atoms with Gasteiger partial charge in [0.1, 0.15) is 0 Å². The van der Waals surface area contributed by atoms with Gasteiger partial charge >= 0.3 is 0 Å². The third-order valence-corrected chi connectivity index (χ3v) is 0. The van der Waals surface area contributed by atoms with Crippen LogP contribution in [0.1, 0.15) is 0 Å². The summed E-state index contributed by atoms with van der Waals surface area (Å²) >= 11 is 0. The van der Waals surface area contributed by atoms with Crippen LogP contribution in [0.2, 0.25) is 0 Å². The van der Waals surface area contributed by atoms with Crippen molar-refractivity contribution >= 4 is 126 Å². The van der Waals surface area contributed by atoms with E-state index in [9.17, 15) is 0 Å². The van der Waals surface area contributed by atoms with Gasteiger partial charge in [-0.3, -0.25) is 0 Å². The van der Waals surface area contributed by atoms with Crippen LogP contribution in [0.5, 0.6) is 0 Å². The molecule has 0 N–H and O–H groups in total. The minimum atomic E-state index is 0. The number of hydrogen-bond donors (Lipinski definition) is 0. The van der Waals surface area contributed by atoms with Crippen LogP contribution < -0.4 is 0 Å². The third kappa shape index (κ3) is 22.9. The second-order valence-electron chi connectivity index (χ2n) is 0. The molecular weight excluding hydrogens is 397 g/mol. The topological polar surface area (TPSA) is 0 Å². The van der Waals surface area contributed by atoms with Crippen LogP contribution in [0.15, 0.2) is 0 Å². The maximum atomic E-state index is 0. The quantitative estimate of drug-likeness (QED) is 0.436. The standard InChI is InChI=1S/Bi.Cu.Fe.K.Li.Na. The van der Waals surface area contributed by atoms with Gasteiger partial charge in [-0.2, -0.15) is 0 Å². The van der Waals surface area contributed by atoms with Crippen LogP contribution in [0, 0.1) is 0 Å². The van der Waals surface area contributed by atoms with Crippen molar-refractivity contribution in [1.29, 1.82) is 0 Å². The van der Waals surface area contributed by atoms with Gasteiger partial charge in [0, 0.05) is 160 Å². The van der Waals surface area contributed by atoms with Crippen LogP contribution in [0.3, 0.4) is 0 Å². The van der Waals surface area contributed by atoms with E-state index in [1.807, 2.05) is 0 Å². The van der Waals surface area contributed by atoms with E-state index in [0.29, 0.717) is 0 Å². The Morgan fingerprint density at radius 2 is 1.00 bits per heavy atom. The Kier molecular flexibility index (Phi) is 231. The molecule has 0 aliphatic rings. The number of rotatable bonds is 0. The summed E-state index contributed by atoms with van der Waals surface area (Å²) in [5, 5.41) is 0. The zero-order valence-electron chi connectivity index (χ0n) is 4.10. The first kappa shape index (κ1) is 43.3. The summed E-state index contributed by atoms with van der Waals surface area (Å²) in [6.45, 7) is 0. The maximum absolute atomic E-state index is 0. The molecule has 7 radical (unpaired) electrons. The van der Waals surface area contributed by atoms with Crippen molar-refractivity contribution in [1.82, 2.24) is 0 Å². The molecule has 0 aromatic rings. The normalized spacial score (nSPS) is 0. The Morgan fingerprint density at radius 3 is 1.00 bits per heavy atom. The molecule has 0 rings (SSSR count). The number of hydrogen-bond acceptors (Lipinski definition) is 0. The molecule has 0 unspecified atom stereocenters. The Morgan fingerprint density at radius 1 is 1.00 bits per heavy atom. The summed E-state index contributed by atoms with van der Waals surface area (Å²) in [6, 6.07) is 0. The van der Waals surface area contributed by atoms with Crippen molar-refractivity contribution < 1.29 is 34.1 Å². The minimum Gasteiger partial charge on any atom is 0 e. The summed E-state index contributed by atoms with van der Waals surface area (Å²) in [6.07, 6.45) is 0. The van der Waals surface area contributed by atoms with Crippen LogP contribution in [0.4, 0.5) is 0 Å². The van der Waals surface area contributed by atoms with E-state index in [0.717, 1.165) is 0 Å². The van der Waals surface area contributed by atoms with E-state index in [4.69, 9.17) is 0 Å². The van der Waals surface area contributed by atoms with Gasteiger partial charge < -0.3 is 0 Å². The molecule has 0 aromatic heterocycles. The van der Waals surface area contributed by atoms with E-state index in [2.05, 4.69) is 0 Å². The van der Waals surface area contributed by atoms with Gasteiger partial charge in [0.15, 0.2) is 0 Å². The molecule has 0 saturated heterocycles. The Bertz CT molecular complexity index is 15.5. The van der Waals surface area contributed by atoms with Crippen LogP contribution >= 0.6 is 0 Å². The van der Waals surface area contributed by atoms with Crippen LogP contribution in [-0.4, -0.2) is 126 Å². The van der Waals surface area contributed by atoms with Gasteiger partial charge in [0.2, 0.25) is 0 Å². The monoisotopic (exact) mass is 397 g/mol. The fourth-order valence-corrected chi connectivity index (χ4v) is 0. The fourth-order valence-electron chi connectivity index (χ4n) is 0. The second-order valence-corrected chi connectivity index (χ2v) is 0. The van der Waals surface area contributed by atoms with E-state index in [-0.39, 0.29) is 160 Å². The smallest absolute Gasteiger partial charge is 0 e. The Hall–Kier alpha value is 5.16. The summed E-state index contributed by atoms with van der Waals surface area (Å²) in [5.74, 6) is 0. The second kappa shape index (κ2) is 32.0. The molecule has 0 aromatic carbocycles. The summed E-state index contributed by atoms with van der Waals surface area (Å²) in [7, 11) is 0. The molecule has 0 fully saturated rings. The molecule has 6 heteroatoms. The summed E-state index contributed by atoms with van der Waals surface area (Å²) in [4.78, 5) is 0. The average molecular weight is 397 g/mol. The zero-order chi connectivity index (χ0) is 0. The van der Waals surface area contributed by atoms with Gasteiger partial charge in [-0.15, -0.1) is 0 Å². The third-order valence-electron chi connectivity index (χ3n) is 0.